The van der Waals surface area contributed by atoms with Crippen molar-refractivity contribution < 1.29 is 0 Å². The number of thiophene rings is 1. The molecule has 2 fully saturated rings. The van der Waals surface area contributed by atoms with E-state index in [-0.39, 0.29) is 6.04 Å². The van der Waals surface area contributed by atoms with Crippen LogP contribution in [-0.4, -0.2) is 51.3 Å². The van der Waals surface area contributed by atoms with Gasteiger partial charge in [-0.15, -0.1) is 16.4 Å². The Bertz CT molecular complexity index is 973. The number of hydrogen-bond donors (Lipinski definition) is 0. The number of nitrogens with zero attached hydrogens (tertiary/aromatic N) is 6. The zero-order valence-corrected chi connectivity index (χ0v) is 18.8. The van der Waals surface area contributed by atoms with Crippen LogP contribution in [0.4, 0.5) is 5.69 Å². The van der Waals surface area contributed by atoms with Gasteiger partial charge in [-0.05, 0) is 59.3 Å². The van der Waals surface area contributed by atoms with Crippen LogP contribution >= 0.6 is 22.9 Å². The highest BCUT2D eigenvalue weighted by Gasteiger charge is 2.33. The predicted molar refractivity (Wildman–Crippen MR) is 121 cm³/mol. The van der Waals surface area contributed by atoms with Crippen LogP contribution in [0.3, 0.4) is 0 Å². The number of anilines is 1. The number of benzene rings is 1. The van der Waals surface area contributed by atoms with Gasteiger partial charge in [-0.3, -0.25) is 4.90 Å². The first kappa shape index (κ1) is 20.0. The van der Waals surface area contributed by atoms with E-state index in [1.807, 2.05) is 6.07 Å². The van der Waals surface area contributed by atoms with Crippen molar-refractivity contribution in [3.8, 4) is 0 Å². The Hall–Kier alpha value is -1.96. The highest BCUT2D eigenvalue weighted by atomic mass is 35.5. The molecule has 158 valence electrons. The van der Waals surface area contributed by atoms with E-state index in [4.69, 9.17) is 11.6 Å². The molecule has 2 aromatic heterocycles. The normalized spacial score (nSPS) is 19.5. The Labute approximate surface area is 186 Å². The molecule has 0 spiro atoms. The standard InChI is InChI=1S/C22H27ClN6S/c1-16-8-9-17(23)15-19(16)27-10-12-28(13-11-27)21(20-7-4-14-30-20)22-24-25-26-29(22)18-5-2-3-6-18/h4,7-9,14-15,18,21H,2-3,5-6,10-13H2,1H3/t21-/m0/s1. The highest BCUT2D eigenvalue weighted by molar-refractivity contribution is 7.10. The van der Waals surface area contributed by atoms with Gasteiger partial charge in [0.1, 0.15) is 6.04 Å². The number of aromatic nitrogens is 4. The minimum Gasteiger partial charge on any atom is -0.369 e. The number of tetrazole rings is 1. The number of hydrogen-bond acceptors (Lipinski definition) is 6. The molecule has 1 saturated carbocycles. The third-order valence-electron chi connectivity index (χ3n) is 6.44. The SMILES string of the molecule is Cc1ccc(Cl)cc1N1CCN([C@@H](c2cccs2)c2nnnn2C2CCCC2)CC1. The van der Waals surface area contributed by atoms with E-state index in [9.17, 15) is 0 Å². The fraction of sp³-hybridized carbons (Fsp3) is 0.500. The fourth-order valence-corrected chi connectivity index (χ4v) is 5.87. The molecule has 3 heterocycles. The van der Waals surface area contributed by atoms with Crippen molar-refractivity contribution in [2.45, 2.75) is 44.7 Å². The monoisotopic (exact) mass is 442 g/mol. The van der Waals surface area contributed by atoms with E-state index in [1.54, 1.807) is 11.3 Å². The third kappa shape index (κ3) is 3.86. The Morgan fingerprint density at radius 3 is 2.63 bits per heavy atom. The summed E-state index contributed by atoms with van der Waals surface area (Å²) in [5.41, 5.74) is 2.51. The molecule has 30 heavy (non-hydrogen) atoms. The smallest absolute Gasteiger partial charge is 0.174 e. The van der Waals surface area contributed by atoms with Crippen LogP contribution in [-0.2, 0) is 0 Å². The molecule has 1 aliphatic carbocycles. The summed E-state index contributed by atoms with van der Waals surface area (Å²) in [6.45, 7) is 6.02. The molecular formula is C22H27ClN6S. The molecule has 0 amide bonds. The maximum Gasteiger partial charge on any atom is 0.174 e. The van der Waals surface area contributed by atoms with E-state index in [2.05, 4.69) is 66.6 Å². The number of aryl methyl sites for hydroxylation is 1. The second-order valence-corrected chi connectivity index (χ2v) is 9.71. The second-order valence-electron chi connectivity index (χ2n) is 8.29. The summed E-state index contributed by atoms with van der Waals surface area (Å²) in [6.07, 6.45) is 4.89. The van der Waals surface area contributed by atoms with E-state index >= 15 is 0 Å². The molecule has 6 nitrogen and oxygen atoms in total. The molecular weight excluding hydrogens is 416 g/mol. The van der Waals surface area contributed by atoms with Gasteiger partial charge in [0.2, 0.25) is 0 Å². The molecule has 0 radical (unpaired) electrons. The Balaban J connectivity index is 1.40. The van der Waals surface area contributed by atoms with Gasteiger partial charge >= 0.3 is 0 Å². The summed E-state index contributed by atoms with van der Waals surface area (Å²) >= 11 is 8.06. The van der Waals surface area contributed by atoms with E-state index in [1.165, 1.54) is 41.8 Å². The minimum absolute atomic E-state index is 0.114. The molecule has 1 atom stereocenters. The van der Waals surface area contributed by atoms with Crippen molar-refractivity contribution in [3.63, 3.8) is 0 Å². The van der Waals surface area contributed by atoms with Gasteiger partial charge in [0.05, 0.1) is 6.04 Å². The number of piperazine rings is 1. The molecule has 5 rings (SSSR count). The molecule has 1 saturated heterocycles. The van der Waals surface area contributed by atoms with Crippen LogP contribution in [0.5, 0.6) is 0 Å². The van der Waals surface area contributed by atoms with Gasteiger partial charge in [0, 0.05) is 41.8 Å². The van der Waals surface area contributed by atoms with Crippen molar-refractivity contribution in [1.82, 2.24) is 25.1 Å². The molecule has 0 bridgehead atoms. The molecule has 0 unspecified atom stereocenters. The van der Waals surface area contributed by atoms with Crippen LogP contribution in [0.1, 0.15) is 54.0 Å². The average Bonchev–Trinajstić information content (AvgIpc) is 3.53. The molecule has 0 N–H and O–H groups in total. The zero-order chi connectivity index (χ0) is 20.5. The molecule has 1 aliphatic heterocycles. The van der Waals surface area contributed by atoms with E-state index < -0.39 is 0 Å². The lowest BCUT2D eigenvalue weighted by atomic mass is 10.1. The molecule has 2 aliphatic rings. The maximum absolute atomic E-state index is 6.27. The van der Waals surface area contributed by atoms with Crippen molar-refractivity contribution >= 4 is 28.6 Å². The molecule has 8 heteroatoms. The van der Waals surface area contributed by atoms with Gasteiger partial charge in [-0.1, -0.05) is 36.6 Å². The van der Waals surface area contributed by atoms with Crippen LogP contribution in [0, 0.1) is 6.92 Å². The summed E-state index contributed by atoms with van der Waals surface area (Å²) in [7, 11) is 0. The van der Waals surface area contributed by atoms with Crippen LogP contribution < -0.4 is 4.90 Å². The van der Waals surface area contributed by atoms with Gasteiger partial charge in [0.15, 0.2) is 5.82 Å². The number of halogens is 1. The quantitative estimate of drug-likeness (QED) is 0.572. The summed E-state index contributed by atoms with van der Waals surface area (Å²) in [5.74, 6) is 0.997. The molecule has 1 aromatic carbocycles. The summed E-state index contributed by atoms with van der Waals surface area (Å²) < 4.78 is 2.12. The highest BCUT2D eigenvalue weighted by Crippen LogP contribution is 2.36. The van der Waals surface area contributed by atoms with Gasteiger partial charge < -0.3 is 4.90 Å². The van der Waals surface area contributed by atoms with Crippen molar-refractivity contribution in [2.24, 2.45) is 0 Å². The average molecular weight is 443 g/mol. The maximum atomic E-state index is 6.27. The first-order chi connectivity index (χ1) is 14.7. The van der Waals surface area contributed by atoms with E-state index in [0.29, 0.717) is 6.04 Å². The topological polar surface area (TPSA) is 50.1 Å². The predicted octanol–water partition coefficient (Wildman–Crippen LogP) is 4.72. The van der Waals surface area contributed by atoms with Crippen LogP contribution in [0.2, 0.25) is 5.02 Å². The first-order valence-electron chi connectivity index (χ1n) is 10.8. The lowest BCUT2D eigenvalue weighted by Crippen LogP contribution is -2.48. The lowest BCUT2D eigenvalue weighted by Gasteiger charge is -2.40. The summed E-state index contributed by atoms with van der Waals surface area (Å²) in [4.78, 5) is 6.30. The molecule has 3 aromatic rings. The Morgan fingerprint density at radius 2 is 1.90 bits per heavy atom. The van der Waals surface area contributed by atoms with Gasteiger partial charge in [-0.2, -0.15) is 0 Å². The Morgan fingerprint density at radius 1 is 1.10 bits per heavy atom. The van der Waals surface area contributed by atoms with Crippen molar-refractivity contribution in [2.75, 3.05) is 31.1 Å². The van der Waals surface area contributed by atoms with Gasteiger partial charge in [-0.25, -0.2) is 4.68 Å². The van der Waals surface area contributed by atoms with Crippen LogP contribution in [0.25, 0.3) is 0 Å². The largest absolute Gasteiger partial charge is 0.369 e. The summed E-state index contributed by atoms with van der Waals surface area (Å²) in [5, 5.41) is 16.0. The Kier molecular flexibility index (Phi) is 5.76. The van der Waals surface area contributed by atoms with Crippen molar-refractivity contribution in [1.29, 1.82) is 0 Å². The lowest BCUT2D eigenvalue weighted by molar-refractivity contribution is 0.200. The number of rotatable bonds is 5. The van der Waals surface area contributed by atoms with Crippen LogP contribution in [0.15, 0.2) is 35.7 Å². The zero-order valence-electron chi connectivity index (χ0n) is 17.2. The minimum atomic E-state index is 0.114. The van der Waals surface area contributed by atoms with Crippen molar-refractivity contribution in [3.05, 3.63) is 57.0 Å². The second kappa shape index (κ2) is 8.65. The first-order valence-corrected chi connectivity index (χ1v) is 12.0. The fourth-order valence-electron chi connectivity index (χ4n) is 4.85. The van der Waals surface area contributed by atoms with E-state index in [0.717, 1.165) is 37.0 Å². The summed E-state index contributed by atoms with van der Waals surface area (Å²) in [6, 6.07) is 11.1. The third-order valence-corrected chi connectivity index (χ3v) is 7.60. The van der Waals surface area contributed by atoms with Gasteiger partial charge in [0.25, 0.3) is 0 Å².